The molecule has 21 heavy (non-hydrogen) atoms. The molecule has 2 heteroatoms. The first kappa shape index (κ1) is 13.5. The largest absolute Gasteiger partial charge is 0.507 e. The summed E-state index contributed by atoms with van der Waals surface area (Å²) < 4.78 is 0. The van der Waals surface area contributed by atoms with E-state index in [1.165, 1.54) is 5.56 Å². The SMILES string of the molecule is Cc1ccc(N(C)C)c(-c2c(O)ccc3ccccc23)c1. The number of hydrogen-bond acceptors (Lipinski definition) is 2. The van der Waals surface area contributed by atoms with Crippen molar-refractivity contribution in [1.29, 1.82) is 0 Å². The number of fused-ring (bicyclic) bond motifs is 1. The van der Waals surface area contributed by atoms with E-state index in [1.807, 2.05) is 32.3 Å². The van der Waals surface area contributed by atoms with Crippen LogP contribution >= 0.6 is 0 Å². The summed E-state index contributed by atoms with van der Waals surface area (Å²) in [6.45, 7) is 2.07. The van der Waals surface area contributed by atoms with Crippen molar-refractivity contribution in [1.82, 2.24) is 0 Å². The van der Waals surface area contributed by atoms with Gasteiger partial charge in [0, 0.05) is 30.9 Å². The van der Waals surface area contributed by atoms with Gasteiger partial charge < -0.3 is 10.0 Å². The van der Waals surface area contributed by atoms with Gasteiger partial charge in [-0.25, -0.2) is 0 Å². The Morgan fingerprint density at radius 2 is 1.67 bits per heavy atom. The average Bonchev–Trinajstić information content (AvgIpc) is 2.46. The second kappa shape index (κ2) is 5.13. The van der Waals surface area contributed by atoms with Crippen LogP contribution in [-0.2, 0) is 0 Å². The molecule has 1 N–H and O–H groups in total. The van der Waals surface area contributed by atoms with Crippen LogP contribution in [0.2, 0.25) is 0 Å². The second-order valence-corrected chi connectivity index (χ2v) is 5.60. The molecule has 0 saturated carbocycles. The molecule has 3 aromatic carbocycles. The molecule has 0 aliphatic heterocycles. The van der Waals surface area contributed by atoms with Crippen LogP contribution in [0.15, 0.2) is 54.6 Å². The molecule has 0 bridgehead atoms. The summed E-state index contributed by atoms with van der Waals surface area (Å²) in [5.41, 5.74) is 4.25. The highest BCUT2D eigenvalue weighted by Crippen LogP contribution is 2.41. The number of nitrogens with zero attached hydrogens (tertiary/aromatic N) is 1. The summed E-state index contributed by atoms with van der Waals surface area (Å²) in [7, 11) is 4.05. The quantitative estimate of drug-likeness (QED) is 0.740. The molecule has 0 aromatic heterocycles. The molecular weight excluding hydrogens is 258 g/mol. The fraction of sp³-hybridized carbons (Fsp3) is 0.158. The summed E-state index contributed by atoms with van der Waals surface area (Å²) in [5, 5.41) is 12.7. The van der Waals surface area contributed by atoms with Gasteiger partial charge in [-0.1, -0.05) is 42.0 Å². The lowest BCUT2D eigenvalue weighted by molar-refractivity contribution is 0.478. The van der Waals surface area contributed by atoms with Gasteiger partial charge in [-0.15, -0.1) is 0 Å². The Kier molecular flexibility index (Phi) is 3.30. The minimum Gasteiger partial charge on any atom is -0.507 e. The Bertz CT molecular complexity index is 806. The minimum absolute atomic E-state index is 0.322. The van der Waals surface area contributed by atoms with Crippen molar-refractivity contribution in [2.45, 2.75) is 6.92 Å². The first-order chi connectivity index (χ1) is 10.1. The number of benzene rings is 3. The molecule has 2 nitrogen and oxygen atoms in total. The molecule has 0 amide bonds. The molecule has 0 unspecified atom stereocenters. The first-order valence-electron chi connectivity index (χ1n) is 7.07. The smallest absolute Gasteiger partial charge is 0.124 e. The van der Waals surface area contributed by atoms with E-state index >= 15 is 0 Å². The molecule has 3 rings (SSSR count). The van der Waals surface area contributed by atoms with Crippen molar-refractivity contribution in [3.8, 4) is 16.9 Å². The van der Waals surface area contributed by atoms with Crippen LogP contribution in [0.1, 0.15) is 5.56 Å². The lowest BCUT2D eigenvalue weighted by Gasteiger charge is -2.20. The number of phenols is 1. The van der Waals surface area contributed by atoms with Crippen molar-refractivity contribution in [3.05, 3.63) is 60.2 Å². The summed E-state index contributed by atoms with van der Waals surface area (Å²) in [6.07, 6.45) is 0. The van der Waals surface area contributed by atoms with Crippen LogP contribution < -0.4 is 4.90 Å². The van der Waals surface area contributed by atoms with E-state index in [1.54, 1.807) is 6.07 Å². The van der Waals surface area contributed by atoms with Crippen LogP contribution in [-0.4, -0.2) is 19.2 Å². The lowest BCUT2D eigenvalue weighted by Crippen LogP contribution is -2.10. The Labute approximate surface area is 125 Å². The minimum atomic E-state index is 0.322. The van der Waals surface area contributed by atoms with Gasteiger partial charge in [-0.3, -0.25) is 0 Å². The summed E-state index contributed by atoms with van der Waals surface area (Å²) in [4.78, 5) is 2.08. The maximum atomic E-state index is 10.4. The number of aryl methyl sites for hydroxylation is 1. The van der Waals surface area contributed by atoms with E-state index in [4.69, 9.17) is 0 Å². The maximum absolute atomic E-state index is 10.4. The molecule has 0 aliphatic carbocycles. The van der Waals surface area contributed by atoms with Crippen LogP contribution in [0.4, 0.5) is 5.69 Å². The summed E-state index contributed by atoms with van der Waals surface area (Å²) >= 11 is 0. The molecule has 0 radical (unpaired) electrons. The third-order valence-electron chi connectivity index (χ3n) is 3.81. The van der Waals surface area contributed by atoms with Gasteiger partial charge >= 0.3 is 0 Å². The zero-order valence-electron chi connectivity index (χ0n) is 12.6. The predicted octanol–water partition coefficient (Wildman–Crippen LogP) is 4.59. The average molecular weight is 277 g/mol. The number of rotatable bonds is 2. The Morgan fingerprint density at radius 1 is 0.905 bits per heavy atom. The van der Waals surface area contributed by atoms with Crippen LogP contribution in [0.5, 0.6) is 5.75 Å². The maximum Gasteiger partial charge on any atom is 0.124 e. The third-order valence-corrected chi connectivity index (χ3v) is 3.81. The van der Waals surface area contributed by atoms with Crippen LogP contribution in [0, 0.1) is 6.92 Å². The van der Waals surface area contributed by atoms with Crippen molar-refractivity contribution in [2.24, 2.45) is 0 Å². The van der Waals surface area contributed by atoms with Crippen LogP contribution in [0.3, 0.4) is 0 Å². The van der Waals surface area contributed by atoms with E-state index in [2.05, 4.69) is 42.2 Å². The van der Waals surface area contributed by atoms with E-state index in [9.17, 15) is 5.11 Å². The van der Waals surface area contributed by atoms with Crippen molar-refractivity contribution < 1.29 is 5.11 Å². The lowest BCUT2D eigenvalue weighted by atomic mass is 9.94. The number of anilines is 1. The topological polar surface area (TPSA) is 23.5 Å². The predicted molar refractivity (Wildman–Crippen MR) is 90.1 cm³/mol. The number of hydrogen-bond donors (Lipinski definition) is 1. The van der Waals surface area contributed by atoms with Crippen molar-refractivity contribution in [3.63, 3.8) is 0 Å². The number of aromatic hydroxyl groups is 1. The third kappa shape index (κ3) is 2.33. The highest BCUT2D eigenvalue weighted by Gasteiger charge is 2.14. The summed E-state index contributed by atoms with van der Waals surface area (Å²) in [5.74, 6) is 0.322. The fourth-order valence-corrected chi connectivity index (χ4v) is 2.78. The van der Waals surface area contributed by atoms with Gasteiger partial charge in [0.15, 0.2) is 0 Å². The Morgan fingerprint density at radius 3 is 2.43 bits per heavy atom. The normalized spacial score (nSPS) is 10.8. The van der Waals surface area contributed by atoms with E-state index in [0.29, 0.717) is 5.75 Å². The van der Waals surface area contributed by atoms with E-state index in [-0.39, 0.29) is 0 Å². The fourth-order valence-electron chi connectivity index (χ4n) is 2.78. The molecule has 0 spiro atoms. The Hall–Kier alpha value is -2.48. The molecule has 0 heterocycles. The number of phenolic OH excluding ortho intramolecular Hbond substituents is 1. The van der Waals surface area contributed by atoms with Gasteiger partial charge in [-0.05, 0) is 35.9 Å². The van der Waals surface area contributed by atoms with Crippen molar-refractivity contribution in [2.75, 3.05) is 19.0 Å². The molecule has 0 aliphatic rings. The zero-order valence-corrected chi connectivity index (χ0v) is 12.6. The van der Waals surface area contributed by atoms with Gasteiger partial charge in [-0.2, -0.15) is 0 Å². The molecule has 0 fully saturated rings. The van der Waals surface area contributed by atoms with Crippen molar-refractivity contribution >= 4 is 16.5 Å². The Balaban J connectivity index is 2.40. The van der Waals surface area contributed by atoms with E-state index < -0.39 is 0 Å². The molecule has 3 aromatic rings. The molecule has 0 saturated heterocycles. The molecular formula is C19H19NO. The zero-order chi connectivity index (χ0) is 15.0. The molecule has 106 valence electrons. The standard InChI is InChI=1S/C19H19NO/c1-13-8-10-17(20(2)3)16(12-13)19-15-7-5-4-6-14(15)9-11-18(19)21/h4-12,21H,1-3H3. The second-order valence-electron chi connectivity index (χ2n) is 5.60. The van der Waals surface area contributed by atoms with E-state index in [0.717, 1.165) is 27.6 Å². The highest BCUT2D eigenvalue weighted by atomic mass is 16.3. The summed E-state index contributed by atoms with van der Waals surface area (Å²) in [6, 6.07) is 18.2. The van der Waals surface area contributed by atoms with Gasteiger partial charge in [0.2, 0.25) is 0 Å². The van der Waals surface area contributed by atoms with Crippen LogP contribution in [0.25, 0.3) is 21.9 Å². The highest BCUT2D eigenvalue weighted by molar-refractivity contribution is 6.02. The molecule has 0 atom stereocenters. The van der Waals surface area contributed by atoms with Gasteiger partial charge in [0.25, 0.3) is 0 Å². The monoisotopic (exact) mass is 277 g/mol. The van der Waals surface area contributed by atoms with Gasteiger partial charge in [0.1, 0.15) is 5.75 Å². The first-order valence-corrected chi connectivity index (χ1v) is 7.07. The van der Waals surface area contributed by atoms with Gasteiger partial charge in [0.05, 0.1) is 0 Å².